The Morgan fingerprint density at radius 1 is 1.17 bits per heavy atom. The molecule has 5 heterocycles. The van der Waals surface area contributed by atoms with Gasteiger partial charge < -0.3 is 9.88 Å². The van der Waals surface area contributed by atoms with Crippen LogP contribution in [0.5, 0.6) is 0 Å². The summed E-state index contributed by atoms with van der Waals surface area (Å²) in [5.41, 5.74) is 7.10. The fraction of sp³-hybridized carbons (Fsp3) is 0.308. The Balaban J connectivity index is 1.31. The molecule has 0 radical (unpaired) electrons. The van der Waals surface area contributed by atoms with Gasteiger partial charge in [0.15, 0.2) is 0 Å². The summed E-state index contributed by atoms with van der Waals surface area (Å²) in [5.74, 6) is 1.47. The van der Waals surface area contributed by atoms with Gasteiger partial charge in [0.25, 0.3) is 0 Å². The Bertz CT molecular complexity index is 1590. The van der Waals surface area contributed by atoms with E-state index in [0.29, 0.717) is 17.5 Å². The zero-order valence-corrected chi connectivity index (χ0v) is 21.1. The summed E-state index contributed by atoms with van der Waals surface area (Å²) in [6.07, 6.45) is 6.41. The Morgan fingerprint density at radius 3 is 2.83 bits per heavy atom. The lowest BCUT2D eigenvalue weighted by Gasteiger charge is -2.31. The van der Waals surface area contributed by atoms with E-state index in [9.17, 15) is 8.42 Å². The van der Waals surface area contributed by atoms with E-state index in [1.165, 1.54) is 10.9 Å². The number of rotatable bonds is 6. The summed E-state index contributed by atoms with van der Waals surface area (Å²) < 4.78 is 25.7. The summed E-state index contributed by atoms with van der Waals surface area (Å²) in [6.45, 7) is 0.868. The fourth-order valence-corrected chi connectivity index (χ4v) is 7.03. The van der Waals surface area contributed by atoms with E-state index in [1.807, 2.05) is 17.1 Å². The quantitative estimate of drug-likeness (QED) is 0.362. The number of aromatic amines is 1. The van der Waals surface area contributed by atoms with Crippen LogP contribution in [0.3, 0.4) is 0 Å². The van der Waals surface area contributed by atoms with Gasteiger partial charge in [0, 0.05) is 52.2 Å². The second kappa shape index (κ2) is 8.89. The third-order valence-corrected chi connectivity index (χ3v) is 9.42. The lowest BCUT2D eigenvalue weighted by molar-refractivity contribution is 0.229. The molecule has 35 heavy (non-hydrogen) atoms. The van der Waals surface area contributed by atoms with Crippen LogP contribution in [0, 0.1) is 0 Å². The van der Waals surface area contributed by atoms with Gasteiger partial charge in [-0.25, -0.2) is 18.4 Å². The van der Waals surface area contributed by atoms with Gasteiger partial charge in [-0.05, 0) is 62.2 Å². The monoisotopic (exact) mass is 505 g/mol. The molecule has 180 valence electrons. The number of sulfone groups is 1. The molecular formula is C26H27N5O2S2. The number of aromatic nitrogens is 4. The third-order valence-electron chi connectivity index (χ3n) is 7.13. The zero-order chi connectivity index (χ0) is 24.0. The molecule has 0 aliphatic carbocycles. The topological polar surface area (TPSA) is 83.9 Å². The van der Waals surface area contributed by atoms with Crippen molar-refractivity contribution < 1.29 is 8.42 Å². The maximum atomic E-state index is 11.8. The van der Waals surface area contributed by atoms with E-state index in [0.717, 1.165) is 59.4 Å². The SMILES string of the molecule is CN(CCc1cn(-c2cscn2)c2nc(-c3ccc4[nH]ccc4c3)ccc12)C1CCS(=O)(=O)CC1. The molecule has 0 amide bonds. The number of H-pyrrole nitrogens is 1. The van der Waals surface area contributed by atoms with E-state index in [2.05, 4.69) is 69.1 Å². The summed E-state index contributed by atoms with van der Waals surface area (Å²) in [4.78, 5) is 15.2. The van der Waals surface area contributed by atoms with Crippen molar-refractivity contribution in [1.82, 2.24) is 24.4 Å². The Morgan fingerprint density at radius 2 is 2.03 bits per heavy atom. The second-order valence-electron chi connectivity index (χ2n) is 9.33. The number of pyridine rings is 1. The van der Waals surface area contributed by atoms with Gasteiger partial charge >= 0.3 is 0 Å². The first-order valence-electron chi connectivity index (χ1n) is 11.8. The molecular weight excluding hydrogens is 478 g/mol. The van der Waals surface area contributed by atoms with E-state index in [1.54, 1.807) is 11.3 Å². The molecule has 5 aromatic rings. The van der Waals surface area contributed by atoms with Crippen LogP contribution in [0.2, 0.25) is 0 Å². The normalized spacial score (nSPS) is 16.5. The first kappa shape index (κ1) is 22.5. The van der Waals surface area contributed by atoms with Gasteiger partial charge in [0.2, 0.25) is 0 Å². The molecule has 9 heteroatoms. The molecule has 0 bridgehead atoms. The van der Waals surface area contributed by atoms with Gasteiger partial charge in [-0.2, -0.15) is 0 Å². The smallest absolute Gasteiger partial charge is 0.150 e. The van der Waals surface area contributed by atoms with Crippen molar-refractivity contribution in [3.8, 4) is 17.1 Å². The summed E-state index contributed by atoms with van der Waals surface area (Å²) in [5, 5.41) is 4.33. The molecule has 0 atom stereocenters. The first-order valence-corrected chi connectivity index (χ1v) is 14.6. The van der Waals surface area contributed by atoms with Gasteiger partial charge in [-0.15, -0.1) is 11.3 Å². The standard InChI is InChI=1S/C26H27N5O2S2/c1-30(21-8-12-35(32,33)13-9-21)11-7-20-15-31(25-16-34-17-28-25)26-22(20)3-5-24(29-26)18-2-4-23-19(14-18)6-10-27-23/h2-6,10,14-17,21,27H,7-9,11-13H2,1H3. The number of nitrogens with one attached hydrogen (secondary N) is 1. The number of hydrogen-bond donors (Lipinski definition) is 1. The van der Waals surface area contributed by atoms with Crippen LogP contribution in [0.4, 0.5) is 0 Å². The highest BCUT2D eigenvalue weighted by molar-refractivity contribution is 7.91. The number of benzene rings is 1. The number of nitrogens with zero attached hydrogens (tertiary/aromatic N) is 4. The highest BCUT2D eigenvalue weighted by Gasteiger charge is 2.26. The van der Waals surface area contributed by atoms with Crippen LogP contribution < -0.4 is 0 Å². The molecule has 0 unspecified atom stereocenters. The maximum absolute atomic E-state index is 11.8. The summed E-state index contributed by atoms with van der Waals surface area (Å²) in [6, 6.07) is 13.0. The van der Waals surface area contributed by atoms with E-state index in [4.69, 9.17) is 4.98 Å². The molecule has 1 N–H and O–H groups in total. The minimum Gasteiger partial charge on any atom is -0.361 e. The number of thiazole rings is 1. The predicted molar refractivity (Wildman–Crippen MR) is 142 cm³/mol. The van der Waals surface area contributed by atoms with Crippen molar-refractivity contribution in [3.63, 3.8) is 0 Å². The second-order valence-corrected chi connectivity index (χ2v) is 12.4. The van der Waals surface area contributed by atoms with Crippen molar-refractivity contribution >= 4 is 43.1 Å². The molecule has 1 aliphatic rings. The summed E-state index contributed by atoms with van der Waals surface area (Å²) in [7, 11) is -0.742. The minimum absolute atomic E-state index is 0.298. The molecule has 7 nitrogen and oxygen atoms in total. The summed E-state index contributed by atoms with van der Waals surface area (Å²) >= 11 is 1.57. The largest absolute Gasteiger partial charge is 0.361 e. The first-order chi connectivity index (χ1) is 17.0. The van der Waals surface area contributed by atoms with E-state index >= 15 is 0 Å². The van der Waals surface area contributed by atoms with Crippen molar-refractivity contribution in [2.45, 2.75) is 25.3 Å². The Labute approximate surface area is 208 Å². The molecule has 1 saturated heterocycles. The van der Waals surface area contributed by atoms with E-state index in [-0.39, 0.29) is 0 Å². The van der Waals surface area contributed by atoms with Crippen molar-refractivity contribution in [1.29, 1.82) is 0 Å². The predicted octanol–water partition coefficient (Wildman–Crippen LogP) is 4.68. The van der Waals surface area contributed by atoms with Crippen molar-refractivity contribution in [2.24, 2.45) is 0 Å². The lowest BCUT2D eigenvalue weighted by Crippen LogP contribution is -2.39. The van der Waals surface area contributed by atoms with Crippen LogP contribution >= 0.6 is 11.3 Å². The van der Waals surface area contributed by atoms with E-state index < -0.39 is 9.84 Å². The number of fused-ring (bicyclic) bond motifs is 2. The average Bonchev–Trinajstić information content (AvgIpc) is 3.61. The lowest BCUT2D eigenvalue weighted by atomic mass is 10.1. The third kappa shape index (κ3) is 4.39. The molecule has 4 aromatic heterocycles. The maximum Gasteiger partial charge on any atom is 0.150 e. The van der Waals surface area contributed by atoms with Crippen LogP contribution in [-0.2, 0) is 16.3 Å². The van der Waals surface area contributed by atoms with Crippen molar-refractivity contribution in [2.75, 3.05) is 25.1 Å². The van der Waals surface area contributed by atoms with Crippen LogP contribution in [-0.4, -0.2) is 64.0 Å². The highest BCUT2D eigenvalue weighted by Crippen LogP contribution is 2.29. The van der Waals surface area contributed by atoms with Crippen LogP contribution in [0.15, 0.2) is 59.7 Å². The molecule has 1 fully saturated rings. The Hall–Kier alpha value is -3.01. The molecule has 1 aromatic carbocycles. The Kier molecular flexibility index (Phi) is 5.70. The van der Waals surface area contributed by atoms with Gasteiger partial charge in [-0.1, -0.05) is 6.07 Å². The number of likely N-dealkylation sites (N-methyl/N-ethyl adjacent to an activating group) is 1. The van der Waals surface area contributed by atoms with Crippen molar-refractivity contribution in [3.05, 3.63) is 65.2 Å². The minimum atomic E-state index is -2.85. The van der Waals surface area contributed by atoms with Gasteiger partial charge in [0.1, 0.15) is 21.3 Å². The number of hydrogen-bond acceptors (Lipinski definition) is 6. The van der Waals surface area contributed by atoms with Gasteiger partial charge in [0.05, 0.1) is 22.7 Å². The average molecular weight is 506 g/mol. The van der Waals surface area contributed by atoms with Crippen LogP contribution in [0.1, 0.15) is 18.4 Å². The molecule has 0 saturated carbocycles. The highest BCUT2D eigenvalue weighted by atomic mass is 32.2. The van der Waals surface area contributed by atoms with Crippen LogP contribution in [0.25, 0.3) is 39.0 Å². The fourth-order valence-electron chi connectivity index (χ4n) is 5.04. The van der Waals surface area contributed by atoms with Gasteiger partial charge in [-0.3, -0.25) is 4.57 Å². The molecule has 1 aliphatic heterocycles. The zero-order valence-electron chi connectivity index (χ0n) is 19.5. The molecule has 0 spiro atoms. The molecule has 6 rings (SSSR count).